The van der Waals surface area contributed by atoms with Gasteiger partial charge in [0, 0.05) is 48.7 Å². The second kappa shape index (κ2) is 5.90. The molecule has 2 aromatic rings. The van der Waals surface area contributed by atoms with E-state index in [1.807, 2.05) is 23.2 Å². The minimum Gasteiger partial charge on any atom is -0.361 e. The number of aromatic nitrogens is 1. The van der Waals surface area contributed by atoms with E-state index in [4.69, 9.17) is 0 Å². The smallest absolute Gasteiger partial charge is 0.223 e. The maximum atomic E-state index is 12.5. The lowest BCUT2D eigenvalue weighted by molar-refractivity contribution is -0.136. The van der Waals surface area contributed by atoms with Crippen LogP contribution in [0.5, 0.6) is 0 Å². The molecule has 2 atom stereocenters. The molecule has 1 aliphatic rings. The second-order valence-electron chi connectivity index (χ2n) is 6.02. The van der Waals surface area contributed by atoms with Crippen molar-refractivity contribution in [1.82, 2.24) is 15.2 Å². The molecule has 3 rings (SSSR count). The molecule has 1 aromatic carbocycles. The van der Waals surface area contributed by atoms with Crippen molar-refractivity contribution in [1.29, 1.82) is 0 Å². The van der Waals surface area contributed by atoms with Gasteiger partial charge in [0.2, 0.25) is 5.91 Å². The average molecular weight is 285 g/mol. The molecule has 0 saturated carbocycles. The standard InChI is InChI=1S/C17H23N3O/c1-12-9-18-10-13(2)20(12)17(21)8-7-14-11-19-16-6-4-3-5-15(14)16/h3-6,11-13,18-19H,7-10H2,1-2H3. The minimum atomic E-state index is 0.266. The Morgan fingerprint density at radius 1 is 1.24 bits per heavy atom. The van der Waals surface area contributed by atoms with E-state index in [0.717, 1.165) is 25.0 Å². The Hall–Kier alpha value is -1.81. The summed E-state index contributed by atoms with van der Waals surface area (Å²) in [7, 11) is 0. The molecule has 112 valence electrons. The van der Waals surface area contributed by atoms with Crippen molar-refractivity contribution in [3.05, 3.63) is 36.0 Å². The van der Waals surface area contributed by atoms with Crippen molar-refractivity contribution in [3.8, 4) is 0 Å². The fourth-order valence-corrected chi connectivity index (χ4v) is 3.33. The van der Waals surface area contributed by atoms with Crippen molar-refractivity contribution >= 4 is 16.8 Å². The van der Waals surface area contributed by atoms with E-state index in [1.54, 1.807) is 0 Å². The van der Waals surface area contributed by atoms with Gasteiger partial charge in [-0.2, -0.15) is 0 Å². The molecule has 0 spiro atoms. The Morgan fingerprint density at radius 3 is 2.71 bits per heavy atom. The number of fused-ring (bicyclic) bond motifs is 1. The molecule has 1 amide bonds. The van der Waals surface area contributed by atoms with Crippen LogP contribution in [0.3, 0.4) is 0 Å². The first kappa shape index (κ1) is 14.1. The Labute approximate surface area is 125 Å². The molecule has 1 saturated heterocycles. The van der Waals surface area contributed by atoms with Gasteiger partial charge in [0.15, 0.2) is 0 Å². The Kier molecular flexibility index (Phi) is 3.97. The molecule has 0 bridgehead atoms. The third-order valence-corrected chi connectivity index (χ3v) is 4.40. The highest BCUT2D eigenvalue weighted by Crippen LogP contribution is 2.20. The number of carbonyl (C=O) groups excluding carboxylic acids is 1. The van der Waals surface area contributed by atoms with E-state index in [2.05, 4.69) is 36.3 Å². The maximum Gasteiger partial charge on any atom is 0.223 e. The predicted molar refractivity (Wildman–Crippen MR) is 85.3 cm³/mol. The summed E-state index contributed by atoms with van der Waals surface area (Å²) in [6.45, 7) is 6.02. The molecular weight excluding hydrogens is 262 g/mol. The number of nitrogens with one attached hydrogen (secondary N) is 2. The summed E-state index contributed by atoms with van der Waals surface area (Å²) in [6.07, 6.45) is 3.41. The van der Waals surface area contributed by atoms with Crippen molar-refractivity contribution in [2.45, 2.75) is 38.8 Å². The summed E-state index contributed by atoms with van der Waals surface area (Å²) in [6, 6.07) is 8.82. The summed E-state index contributed by atoms with van der Waals surface area (Å²) < 4.78 is 0. The Bertz CT molecular complexity index is 624. The number of piperazine rings is 1. The van der Waals surface area contributed by atoms with Crippen molar-refractivity contribution in [3.63, 3.8) is 0 Å². The SMILES string of the molecule is CC1CNCC(C)N1C(=O)CCc1c[nH]c2ccccc12. The van der Waals surface area contributed by atoms with Crippen LogP contribution < -0.4 is 5.32 Å². The summed E-state index contributed by atoms with van der Waals surface area (Å²) in [5.41, 5.74) is 2.37. The van der Waals surface area contributed by atoms with Crippen LogP contribution in [0.2, 0.25) is 0 Å². The number of aromatic amines is 1. The van der Waals surface area contributed by atoms with Crippen LogP contribution >= 0.6 is 0 Å². The van der Waals surface area contributed by atoms with Crippen LogP contribution in [0.1, 0.15) is 25.8 Å². The van der Waals surface area contributed by atoms with Gasteiger partial charge in [0.25, 0.3) is 0 Å². The van der Waals surface area contributed by atoms with Crippen LogP contribution in [0.4, 0.5) is 0 Å². The number of para-hydroxylation sites is 1. The fraction of sp³-hybridized carbons (Fsp3) is 0.471. The maximum absolute atomic E-state index is 12.5. The van der Waals surface area contributed by atoms with Crippen LogP contribution in [0.25, 0.3) is 10.9 Å². The van der Waals surface area contributed by atoms with E-state index in [1.165, 1.54) is 10.9 Å². The molecule has 2 unspecified atom stereocenters. The largest absolute Gasteiger partial charge is 0.361 e. The lowest BCUT2D eigenvalue weighted by Crippen LogP contribution is -2.57. The molecule has 4 nitrogen and oxygen atoms in total. The van der Waals surface area contributed by atoms with Crippen LogP contribution in [0, 0.1) is 0 Å². The number of hydrogen-bond donors (Lipinski definition) is 2. The van der Waals surface area contributed by atoms with Crippen molar-refractivity contribution in [2.75, 3.05) is 13.1 Å². The monoisotopic (exact) mass is 285 g/mol. The summed E-state index contributed by atoms with van der Waals surface area (Å²) in [5.74, 6) is 0.266. The van der Waals surface area contributed by atoms with E-state index in [9.17, 15) is 4.79 Å². The summed E-state index contributed by atoms with van der Waals surface area (Å²) in [5, 5.41) is 4.59. The van der Waals surface area contributed by atoms with Crippen LogP contribution in [-0.2, 0) is 11.2 Å². The highest BCUT2D eigenvalue weighted by molar-refractivity contribution is 5.84. The average Bonchev–Trinajstić information content (AvgIpc) is 2.88. The third-order valence-electron chi connectivity index (χ3n) is 4.40. The van der Waals surface area contributed by atoms with Gasteiger partial charge in [-0.3, -0.25) is 4.79 Å². The predicted octanol–water partition coefficient (Wildman–Crippen LogP) is 2.31. The zero-order valence-electron chi connectivity index (χ0n) is 12.7. The number of nitrogens with zero attached hydrogens (tertiary/aromatic N) is 1. The fourth-order valence-electron chi connectivity index (χ4n) is 3.33. The second-order valence-corrected chi connectivity index (χ2v) is 6.02. The summed E-state index contributed by atoms with van der Waals surface area (Å²) in [4.78, 5) is 17.9. The van der Waals surface area contributed by atoms with Crippen LogP contribution in [0.15, 0.2) is 30.5 Å². The Morgan fingerprint density at radius 2 is 1.95 bits per heavy atom. The quantitative estimate of drug-likeness (QED) is 0.909. The molecular formula is C17H23N3O. The molecule has 1 fully saturated rings. The van der Waals surface area contributed by atoms with Gasteiger partial charge in [-0.15, -0.1) is 0 Å². The van der Waals surface area contributed by atoms with Crippen molar-refractivity contribution in [2.24, 2.45) is 0 Å². The van der Waals surface area contributed by atoms with Crippen molar-refractivity contribution < 1.29 is 4.79 Å². The zero-order chi connectivity index (χ0) is 14.8. The number of H-pyrrole nitrogens is 1. The van der Waals surface area contributed by atoms with Gasteiger partial charge in [-0.05, 0) is 31.9 Å². The number of benzene rings is 1. The summed E-state index contributed by atoms with van der Waals surface area (Å²) >= 11 is 0. The van der Waals surface area contributed by atoms with Gasteiger partial charge < -0.3 is 15.2 Å². The lowest BCUT2D eigenvalue weighted by atomic mass is 10.1. The van der Waals surface area contributed by atoms with Gasteiger partial charge in [0.1, 0.15) is 0 Å². The number of amides is 1. The van der Waals surface area contributed by atoms with E-state index in [0.29, 0.717) is 6.42 Å². The first-order valence-electron chi connectivity index (χ1n) is 7.73. The highest BCUT2D eigenvalue weighted by Gasteiger charge is 2.28. The van der Waals surface area contributed by atoms with Gasteiger partial charge >= 0.3 is 0 Å². The van der Waals surface area contributed by atoms with Crippen LogP contribution in [-0.4, -0.2) is 41.0 Å². The number of carbonyl (C=O) groups is 1. The molecule has 21 heavy (non-hydrogen) atoms. The zero-order valence-corrected chi connectivity index (χ0v) is 12.7. The van der Waals surface area contributed by atoms with E-state index < -0.39 is 0 Å². The number of rotatable bonds is 3. The molecule has 1 aliphatic heterocycles. The third kappa shape index (κ3) is 2.81. The molecule has 0 aliphatic carbocycles. The van der Waals surface area contributed by atoms with E-state index >= 15 is 0 Å². The first-order chi connectivity index (χ1) is 10.2. The molecule has 2 N–H and O–H groups in total. The normalized spacial score (nSPS) is 22.7. The number of hydrogen-bond acceptors (Lipinski definition) is 2. The lowest BCUT2D eigenvalue weighted by Gasteiger charge is -2.39. The van der Waals surface area contributed by atoms with Gasteiger partial charge in [0.05, 0.1) is 0 Å². The van der Waals surface area contributed by atoms with E-state index in [-0.39, 0.29) is 18.0 Å². The molecule has 4 heteroatoms. The Balaban J connectivity index is 1.68. The molecule has 2 heterocycles. The number of aryl methyl sites for hydroxylation is 1. The molecule has 0 radical (unpaired) electrons. The molecule has 1 aromatic heterocycles. The minimum absolute atomic E-state index is 0.266. The topological polar surface area (TPSA) is 48.1 Å². The van der Waals surface area contributed by atoms with Gasteiger partial charge in [-0.25, -0.2) is 0 Å². The van der Waals surface area contributed by atoms with Gasteiger partial charge in [-0.1, -0.05) is 18.2 Å². The highest BCUT2D eigenvalue weighted by atomic mass is 16.2. The first-order valence-corrected chi connectivity index (χ1v) is 7.73.